The Morgan fingerprint density at radius 3 is 2.83 bits per heavy atom. The van der Waals surface area contributed by atoms with Gasteiger partial charge in [-0.2, -0.15) is 10.2 Å². The lowest BCUT2D eigenvalue weighted by molar-refractivity contribution is 0.538. The van der Waals surface area contributed by atoms with Crippen LogP contribution in [0.2, 0.25) is 0 Å². The van der Waals surface area contributed by atoms with Gasteiger partial charge in [-0.05, 0) is 25.1 Å². The molecular weight excluding hydrogens is 150 g/mol. The highest BCUT2D eigenvalue weighted by atomic mass is 15.1. The van der Waals surface area contributed by atoms with Crippen molar-refractivity contribution in [3.05, 3.63) is 24.0 Å². The smallest absolute Gasteiger partial charge is 0.0544 e. The second-order valence-electron chi connectivity index (χ2n) is 2.81. The van der Waals surface area contributed by atoms with E-state index in [0.717, 1.165) is 6.42 Å². The third-order valence-electron chi connectivity index (χ3n) is 1.94. The van der Waals surface area contributed by atoms with Crippen LogP contribution >= 0.6 is 0 Å². The molecule has 3 heteroatoms. The summed E-state index contributed by atoms with van der Waals surface area (Å²) in [5, 5.41) is 10.8. The average molecular weight is 165 g/mol. The first-order valence-electron chi connectivity index (χ1n) is 4.32. The Morgan fingerprint density at radius 1 is 1.50 bits per heavy atom. The molecule has 0 aliphatic rings. The molecule has 0 saturated heterocycles. The molecule has 0 spiro atoms. The predicted octanol–water partition coefficient (Wildman–Crippen LogP) is 1.54. The van der Waals surface area contributed by atoms with Gasteiger partial charge in [0.15, 0.2) is 0 Å². The topological polar surface area (TPSA) is 37.8 Å². The van der Waals surface area contributed by atoms with E-state index in [1.54, 1.807) is 6.20 Å². The van der Waals surface area contributed by atoms with E-state index in [2.05, 4.69) is 22.4 Å². The molecule has 1 heterocycles. The predicted molar refractivity (Wildman–Crippen MR) is 48.7 cm³/mol. The van der Waals surface area contributed by atoms with Gasteiger partial charge in [0.1, 0.15) is 0 Å². The van der Waals surface area contributed by atoms with Crippen LogP contribution in [-0.4, -0.2) is 17.2 Å². The van der Waals surface area contributed by atoms with E-state index in [1.165, 1.54) is 12.0 Å². The van der Waals surface area contributed by atoms with Gasteiger partial charge in [0.2, 0.25) is 0 Å². The Bertz CT molecular complexity index is 210. The first kappa shape index (κ1) is 9.13. The van der Waals surface area contributed by atoms with Crippen LogP contribution in [0.5, 0.6) is 0 Å². The number of nitrogens with one attached hydrogen (secondary N) is 1. The summed E-state index contributed by atoms with van der Waals surface area (Å²) in [5.41, 5.74) is 1.22. The number of hydrogen-bond donors (Lipinski definition) is 1. The fraction of sp³-hybridized carbons (Fsp3) is 0.556. The third-order valence-corrected chi connectivity index (χ3v) is 1.94. The molecule has 12 heavy (non-hydrogen) atoms. The minimum absolute atomic E-state index is 0.422. The van der Waals surface area contributed by atoms with Crippen LogP contribution in [0.25, 0.3) is 0 Å². The van der Waals surface area contributed by atoms with Crippen LogP contribution < -0.4 is 5.32 Å². The lowest BCUT2D eigenvalue weighted by Crippen LogP contribution is -2.16. The van der Waals surface area contributed by atoms with Crippen LogP contribution in [0, 0.1) is 0 Å². The lowest BCUT2D eigenvalue weighted by atomic mass is 10.1. The Hall–Kier alpha value is -0.960. The minimum Gasteiger partial charge on any atom is -0.313 e. The normalized spacial score (nSPS) is 12.8. The molecule has 0 aliphatic carbocycles. The molecule has 1 aromatic heterocycles. The van der Waals surface area contributed by atoms with Crippen LogP contribution in [0.1, 0.15) is 31.4 Å². The van der Waals surface area contributed by atoms with Crippen LogP contribution in [-0.2, 0) is 0 Å². The second kappa shape index (κ2) is 4.83. The molecule has 0 aromatic carbocycles. The van der Waals surface area contributed by atoms with Crippen molar-refractivity contribution in [1.82, 2.24) is 15.5 Å². The second-order valence-corrected chi connectivity index (χ2v) is 2.81. The zero-order chi connectivity index (χ0) is 8.81. The van der Waals surface area contributed by atoms with Crippen LogP contribution in [0.15, 0.2) is 18.5 Å². The van der Waals surface area contributed by atoms with Gasteiger partial charge in [-0.15, -0.1) is 0 Å². The quantitative estimate of drug-likeness (QED) is 0.735. The van der Waals surface area contributed by atoms with Gasteiger partial charge in [-0.25, -0.2) is 0 Å². The molecule has 66 valence electrons. The zero-order valence-corrected chi connectivity index (χ0v) is 7.62. The fourth-order valence-electron chi connectivity index (χ4n) is 1.27. The molecule has 0 radical (unpaired) electrons. The number of aromatic nitrogens is 2. The summed E-state index contributed by atoms with van der Waals surface area (Å²) in [4.78, 5) is 0. The van der Waals surface area contributed by atoms with Gasteiger partial charge < -0.3 is 5.32 Å². The van der Waals surface area contributed by atoms with E-state index >= 15 is 0 Å². The van der Waals surface area contributed by atoms with Gasteiger partial charge in [0.25, 0.3) is 0 Å². The highest BCUT2D eigenvalue weighted by Gasteiger charge is 2.06. The van der Waals surface area contributed by atoms with Gasteiger partial charge in [-0.1, -0.05) is 13.3 Å². The molecule has 3 nitrogen and oxygen atoms in total. The molecule has 1 atom stereocenters. The summed E-state index contributed by atoms with van der Waals surface area (Å²) < 4.78 is 0. The first-order chi connectivity index (χ1) is 5.88. The maximum atomic E-state index is 3.85. The summed E-state index contributed by atoms with van der Waals surface area (Å²) in [7, 11) is 1.97. The Kier molecular flexibility index (Phi) is 3.67. The molecule has 0 amide bonds. The molecule has 0 saturated carbocycles. The average Bonchev–Trinajstić information content (AvgIpc) is 2.15. The number of rotatable bonds is 4. The maximum Gasteiger partial charge on any atom is 0.0544 e. The number of hydrogen-bond acceptors (Lipinski definition) is 3. The Balaban J connectivity index is 2.66. The van der Waals surface area contributed by atoms with E-state index in [4.69, 9.17) is 0 Å². The van der Waals surface area contributed by atoms with E-state index in [-0.39, 0.29) is 0 Å². The van der Waals surface area contributed by atoms with Gasteiger partial charge in [-0.3, -0.25) is 0 Å². The van der Waals surface area contributed by atoms with E-state index in [0.29, 0.717) is 6.04 Å². The third kappa shape index (κ3) is 2.27. The van der Waals surface area contributed by atoms with Crippen LogP contribution in [0.4, 0.5) is 0 Å². The highest BCUT2D eigenvalue weighted by molar-refractivity contribution is 5.10. The molecule has 0 aliphatic heterocycles. The van der Waals surface area contributed by atoms with Crippen LogP contribution in [0.3, 0.4) is 0 Å². The molecule has 0 bridgehead atoms. The summed E-state index contributed by atoms with van der Waals surface area (Å²) in [5.74, 6) is 0. The van der Waals surface area contributed by atoms with Crippen molar-refractivity contribution in [2.45, 2.75) is 25.8 Å². The molecule has 1 rings (SSSR count). The van der Waals surface area contributed by atoms with E-state index in [9.17, 15) is 0 Å². The maximum absolute atomic E-state index is 3.85. The zero-order valence-electron chi connectivity index (χ0n) is 7.62. The summed E-state index contributed by atoms with van der Waals surface area (Å²) in [6.07, 6.45) is 5.86. The highest BCUT2D eigenvalue weighted by Crippen LogP contribution is 2.15. The SMILES string of the molecule is CCCC(NC)c1ccnnc1. The number of nitrogens with zero attached hydrogens (tertiary/aromatic N) is 2. The van der Waals surface area contributed by atoms with E-state index in [1.807, 2.05) is 19.3 Å². The van der Waals surface area contributed by atoms with Crippen molar-refractivity contribution in [2.75, 3.05) is 7.05 Å². The standard InChI is InChI=1S/C9H15N3/c1-3-4-9(10-2)8-5-6-11-12-7-8/h5-7,9-10H,3-4H2,1-2H3. The molecule has 0 fully saturated rings. The van der Waals surface area contributed by atoms with Crippen molar-refractivity contribution in [3.63, 3.8) is 0 Å². The largest absolute Gasteiger partial charge is 0.313 e. The lowest BCUT2D eigenvalue weighted by Gasteiger charge is -2.14. The van der Waals surface area contributed by atoms with E-state index < -0.39 is 0 Å². The summed E-state index contributed by atoms with van der Waals surface area (Å²) in [6.45, 7) is 2.18. The molecular formula is C9H15N3. The fourth-order valence-corrected chi connectivity index (χ4v) is 1.27. The van der Waals surface area contributed by atoms with Crippen molar-refractivity contribution in [1.29, 1.82) is 0 Å². The molecule has 1 aromatic rings. The van der Waals surface area contributed by atoms with Crippen molar-refractivity contribution in [2.24, 2.45) is 0 Å². The van der Waals surface area contributed by atoms with Crippen molar-refractivity contribution in [3.8, 4) is 0 Å². The summed E-state index contributed by atoms with van der Waals surface area (Å²) >= 11 is 0. The monoisotopic (exact) mass is 165 g/mol. The summed E-state index contributed by atoms with van der Waals surface area (Å²) in [6, 6.07) is 2.43. The van der Waals surface area contributed by atoms with Crippen molar-refractivity contribution < 1.29 is 0 Å². The van der Waals surface area contributed by atoms with Crippen molar-refractivity contribution >= 4 is 0 Å². The Labute approximate surface area is 73.2 Å². The Morgan fingerprint density at radius 2 is 2.33 bits per heavy atom. The van der Waals surface area contributed by atoms with Gasteiger partial charge in [0.05, 0.1) is 6.20 Å². The van der Waals surface area contributed by atoms with Gasteiger partial charge >= 0.3 is 0 Å². The first-order valence-corrected chi connectivity index (χ1v) is 4.32. The van der Waals surface area contributed by atoms with Gasteiger partial charge in [0, 0.05) is 12.2 Å². The molecule has 1 unspecified atom stereocenters. The molecule has 1 N–H and O–H groups in total. The minimum atomic E-state index is 0.422.